The van der Waals surface area contributed by atoms with Crippen molar-refractivity contribution >= 4 is 22.1 Å². The van der Waals surface area contributed by atoms with Crippen molar-refractivity contribution in [1.29, 1.82) is 0 Å². The summed E-state index contributed by atoms with van der Waals surface area (Å²) in [7, 11) is 0. The average Bonchev–Trinajstić information content (AvgIpc) is 3.18. The van der Waals surface area contributed by atoms with Gasteiger partial charge in [0.15, 0.2) is 0 Å². The Labute approximate surface area is 132 Å². The summed E-state index contributed by atoms with van der Waals surface area (Å²) >= 11 is 1.67. The van der Waals surface area contributed by atoms with E-state index in [-0.39, 0.29) is 11.9 Å². The zero-order chi connectivity index (χ0) is 14.9. The van der Waals surface area contributed by atoms with Crippen LogP contribution in [0.25, 0.3) is 4.83 Å². The molecule has 5 nitrogen and oxygen atoms in total. The lowest BCUT2D eigenvalue weighted by atomic mass is 9.99. The predicted octanol–water partition coefficient (Wildman–Crippen LogP) is 3.16. The van der Waals surface area contributed by atoms with Crippen LogP contribution in [-0.2, 0) is 0 Å². The van der Waals surface area contributed by atoms with Crippen LogP contribution in [0.1, 0.15) is 41.4 Å². The van der Waals surface area contributed by atoms with E-state index in [1.807, 2.05) is 27.9 Å². The van der Waals surface area contributed by atoms with Gasteiger partial charge in [-0.25, -0.2) is 4.98 Å². The summed E-state index contributed by atoms with van der Waals surface area (Å²) in [6, 6.07) is 3.69. The fourth-order valence-electron chi connectivity index (χ4n) is 3.09. The summed E-state index contributed by atoms with van der Waals surface area (Å²) in [6.45, 7) is 0.781. The van der Waals surface area contributed by atoms with E-state index < -0.39 is 0 Å². The third-order valence-corrected chi connectivity index (χ3v) is 5.06. The van der Waals surface area contributed by atoms with Crippen LogP contribution < -0.4 is 0 Å². The smallest absolute Gasteiger partial charge is 0.255 e. The molecule has 1 aliphatic rings. The van der Waals surface area contributed by atoms with Crippen molar-refractivity contribution in [2.75, 3.05) is 6.54 Å². The third kappa shape index (κ3) is 2.20. The van der Waals surface area contributed by atoms with Gasteiger partial charge in [-0.3, -0.25) is 14.2 Å². The highest BCUT2D eigenvalue weighted by atomic mass is 32.1. The summed E-state index contributed by atoms with van der Waals surface area (Å²) in [5.41, 5.74) is 1.67. The van der Waals surface area contributed by atoms with Crippen molar-refractivity contribution in [3.63, 3.8) is 0 Å². The largest absolute Gasteiger partial charge is 0.330 e. The van der Waals surface area contributed by atoms with E-state index in [0.29, 0.717) is 5.56 Å². The molecule has 22 heavy (non-hydrogen) atoms. The van der Waals surface area contributed by atoms with Crippen molar-refractivity contribution in [2.24, 2.45) is 0 Å². The van der Waals surface area contributed by atoms with Crippen molar-refractivity contribution in [3.05, 3.63) is 53.7 Å². The minimum absolute atomic E-state index is 0.0514. The number of pyridine rings is 1. The lowest BCUT2D eigenvalue weighted by Crippen LogP contribution is -2.38. The highest BCUT2D eigenvalue weighted by molar-refractivity contribution is 7.15. The molecule has 1 atom stereocenters. The molecule has 0 spiro atoms. The Morgan fingerprint density at radius 2 is 2.32 bits per heavy atom. The quantitative estimate of drug-likeness (QED) is 0.730. The second-order valence-electron chi connectivity index (χ2n) is 5.50. The zero-order valence-electron chi connectivity index (χ0n) is 12.1. The molecular formula is C16H16N4OS. The summed E-state index contributed by atoms with van der Waals surface area (Å²) in [6.07, 6.45) is 10.3. The van der Waals surface area contributed by atoms with Crippen LogP contribution >= 0.6 is 11.3 Å². The maximum atomic E-state index is 12.8. The lowest BCUT2D eigenvalue weighted by molar-refractivity contribution is 0.0608. The van der Waals surface area contributed by atoms with Gasteiger partial charge in [0.2, 0.25) is 0 Å². The van der Waals surface area contributed by atoms with E-state index in [9.17, 15) is 4.79 Å². The number of amides is 1. The number of carbonyl (C=O) groups excluding carboxylic acids is 1. The highest BCUT2D eigenvalue weighted by Gasteiger charge is 2.31. The van der Waals surface area contributed by atoms with Gasteiger partial charge in [-0.15, -0.1) is 11.3 Å². The molecule has 112 valence electrons. The monoisotopic (exact) mass is 312 g/mol. The number of imidazole rings is 1. The minimum Gasteiger partial charge on any atom is -0.330 e. The summed E-state index contributed by atoms with van der Waals surface area (Å²) < 4.78 is 2.03. The summed E-state index contributed by atoms with van der Waals surface area (Å²) in [5.74, 6) is 0.0514. The molecule has 6 heteroatoms. The molecule has 4 rings (SSSR count). The number of rotatable bonds is 2. The zero-order valence-corrected chi connectivity index (χ0v) is 12.9. The van der Waals surface area contributed by atoms with Crippen molar-refractivity contribution in [3.8, 4) is 0 Å². The van der Waals surface area contributed by atoms with E-state index in [1.54, 1.807) is 29.8 Å². The fourth-order valence-corrected chi connectivity index (χ4v) is 3.95. The second-order valence-corrected chi connectivity index (χ2v) is 6.39. The Hall–Kier alpha value is -2.21. The Morgan fingerprint density at radius 1 is 1.36 bits per heavy atom. The Morgan fingerprint density at radius 3 is 3.18 bits per heavy atom. The molecule has 1 amide bonds. The number of hydrogen-bond acceptors (Lipinski definition) is 4. The van der Waals surface area contributed by atoms with Gasteiger partial charge in [-0.2, -0.15) is 0 Å². The van der Waals surface area contributed by atoms with Gasteiger partial charge in [-0.05, 0) is 31.4 Å². The molecule has 0 aromatic carbocycles. The molecule has 1 fully saturated rings. The number of aromatic nitrogens is 3. The van der Waals surface area contributed by atoms with Crippen molar-refractivity contribution < 1.29 is 4.79 Å². The highest BCUT2D eigenvalue weighted by Crippen LogP contribution is 2.34. The molecule has 0 N–H and O–H groups in total. The van der Waals surface area contributed by atoms with Gasteiger partial charge in [-0.1, -0.05) is 0 Å². The normalized spacial score (nSPS) is 18.7. The van der Waals surface area contributed by atoms with Gasteiger partial charge >= 0.3 is 0 Å². The standard InChI is InChI=1S/C16H16N4OS/c21-15(12-4-3-6-17-10-12)20-7-2-1-5-13(20)14-16-19(11-18-14)8-9-22-16/h3-4,6,8-11,13H,1-2,5,7H2/t13-/m1/s1. The number of thiazole rings is 1. The molecule has 1 saturated heterocycles. The Balaban J connectivity index is 1.71. The molecule has 1 aliphatic heterocycles. The van der Waals surface area contributed by atoms with Crippen LogP contribution in [-0.4, -0.2) is 31.7 Å². The summed E-state index contributed by atoms with van der Waals surface area (Å²) in [5, 5.41) is 2.05. The summed E-state index contributed by atoms with van der Waals surface area (Å²) in [4.78, 5) is 24.6. The Bertz CT molecular complexity index is 795. The molecule has 3 aromatic heterocycles. The first-order valence-electron chi connectivity index (χ1n) is 7.45. The molecular weight excluding hydrogens is 296 g/mol. The average molecular weight is 312 g/mol. The molecule has 3 aromatic rings. The number of piperidine rings is 1. The van der Waals surface area contributed by atoms with E-state index in [4.69, 9.17) is 0 Å². The van der Waals surface area contributed by atoms with Crippen LogP contribution in [0, 0.1) is 0 Å². The van der Waals surface area contributed by atoms with Gasteiger partial charge in [0.05, 0.1) is 17.3 Å². The number of fused-ring (bicyclic) bond motifs is 1. The molecule has 0 unspecified atom stereocenters. The van der Waals surface area contributed by atoms with Gasteiger partial charge in [0.1, 0.15) is 11.2 Å². The fraction of sp³-hybridized carbons (Fsp3) is 0.312. The second kappa shape index (κ2) is 5.53. The van der Waals surface area contributed by atoms with Gasteiger partial charge < -0.3 is 4.90 Å². The van der Waals surface area contributed by atoms with E-state index in [1.165, 1.54) is 0 Å². The van der Waals surface area contributed by atoms with Crippen molar-refractivity contribution in [2.45, 2.75) is 25.3 Å². The molecule has 0 bridgehead atoms. The minimum atomic E-state index is 0.0514. The predicted molar refractivity (Wildman–Crippen MR) is 84.9 cm³/mol. The van der Waals surface area contributed by atoms with Crippen molar-refractivity contribution in [1.82, 2.24) is 19.3 Å². The van der Waals surface area contributed by atoms with E-state index >= 15 is 0 Å². The van der Waals surface area contributed by atoms with Crippen LogP contribution in [0.2, 0.25) is 0 Å². The number of likely N-dealkylation sites (tertiary alicyclic amines) is 1. The maximum Gasteiger partial charge on any atom is 0.255 e. The van der Waals surface area contributed by atoms with E-state index in [2.05, 4.69) is 15.3 Å². The van der Waals surface area contributed by atoms with Crippen LogP contribution in [0.15, 0.2) is 42.4 Å². The topological polar surface area (TPSA) is 50.5 Å². The first-order chi connectivity index (χ1) is 10.8. The molecule has 0 aliphatic carbocycles. The SMILES string of the molecule is O=C(c1cccnc1)N1CCCC[C@@H]1c1ncn2ccsc12. The number of hydrogen-bond donors (Lipinski definition) is 0. The van der Waals surface area contributed by atoms with Crippen LogP contribution in [0.3, 0.4) is 0 Å². The first-order valence-corrected chi connectivity index (χ1v) is 8.33. The van der Waals surface area contributed by atoms with Gasteiger partial charge in [0, 0.05) is 30.5 Å². The maximum absolute atomic E-state index is 12.8. The Kier molecular flexibility index (Phi) is 3.38. The van der Waals surface area contributed by atoms with Crippen LogP contribution in [0.5, 0.6) is 0 Å². The molecule has 0 radical (unpaired) electrons. The number of carbonyl (C=O) groups is 1. The molecule has 4 heterocycles. The van der Waals surface area contributed by atoms with Crippen LogP contribution in [0.4, 0.5) is 0 Å². The van der Waals surface area contributed by atoms with Gasteiger partial charge in [0.25, 0.3) is 5.91 Å². The number of nitrogens with zero attached hydrogens (tertiary/aromatic N) is 4. The third-order valence-electron chi connectivity index (χ3n) is 4.16. The first kappa shape index (κ1) is 13.5. The lowest BCUT2D eigenvalue weighted by Gasteiger charge is -2.34. The molecule has 0 saturated carbocycles. The van der Waals surface area contributed by atoms with E-state index in [0.717, 1.165) is 36.3 Å².